The molecule has 0 amide bonds. The van der Waals surface area contributed by atoms with Gasteiger partial charge in [0.15, 0.2) is 0 Å². The molecule has 7 heteroatoms. The normalized spacial score (nSPS) is 12.4. The summed E-state index contributed by atoms with van der Waals surface area (Å²) < 4.78 is 43.2. The lowest BCUT2D eigenvalue weighted by Gasteiger charge is -2.07. The number of hydrogen-bond acceptors (Lipinski definition) is 4. The number of rotatable bonds is 3. The van der Waals surface area contributed by atoms with E-state index in [1.807, 2.05) is 32.9 Å². The summed E-state index contributed by atoms with van der Waals surface area (Å²) >= 11 is 0. The minimum absolute atomic E-state index is 0.182. The van der Waals surface area contributed by atoms with E-state index in [-0.39, 0.29) is 11.6 Å². The highest BCUT2D eigenvalue weighted by Crippen LogP contribution is 2.30. The minimum Gasteiger partial charge on any atom is -0.398 e. The fraction of sp³-hybridized carbons (Fsp3) is 0.200. The molecule has 0 saturated carbocycles. The Kier molecular flexibility index (Phi) is 4.78. The fourth-order valence-electron chi connectivity index (χ4n) is 3.00. The summed E-state index contributed by atoms with van der Waals surface area (Å²) in [6.07, 6.45) is -2.94. The molecule has 140 valence electrons. The molecule has 0 unspecified atom stereocenters. The van der Waals surface area contributed by atoms with Crippen molar-refractivity contribution in [1.29, 1.82) is 0 Å². The van der Waals surface area contributed by atoms with Crippen molar-refractivity contribution in [1.82, 2.24) is 10.1 Å². The lowest BCUT2D eigenvalue weighted by Crippen LogP contribution is -2.05. The molecular formula is C20H18F3N3O. The van der Waals surface area contributed by atoms with Crippen molar-refractivity contribution < 1.29 is 17.7 Å². The standard InChI is InChI=1S/C20H18F3N3O/c1-11-8-12(2)18(13(3)9-11)19-25-17(27-26-19)10-16(24)14-4-6-15(7-5-14)20(21,22)23/h4-10H,24H2,1-3H3/b16-10-. The Morgan fingerprint density at radius 1 is 1.04 bits per heavy atom. The number of hydrogen-bond donors (Lipinski definition) is 1. The topological polar surface area (TPSA) is 64.9 Å². The summed E-state index contributed by atoms with van der Waals surface area (Å²) in [4.78, 5) is 4.34. The molecule has 0 bridgehead atoms. The number of nitrogens with two attached hydrogens (primary N) is 1. The summed E-state index contributed by atoms with van der Waals surface area (Å²) in [5, 5.41) is 4.00. The molecule has 0 aliphatic rings. The van der Waals surface area contributed by atoms with E-state index in [0.717, 1.165) is 34.4 Å². The number of alkyl halides is 3. The van der Waals surface area contributed by atoms with Crippen LogP contribution in [0.3, 0.4) is 0 Å². The number of nitrogens with zero attached hydrogens (tertiary/aromatic N) is 2. The summed E-state index contributed by atoms with van der Waals surface area (Å²) in [5.74, 6) is 0.623. The highest BCUT2D eigenvalue weighted by Gasteiger charge is 2.30. The van der Waals surface area contributed by atoms with Gasteiger partial charge in [0.25, 0.3) is 5.89 Å². The van der Waals surface area contributed by atoms with Gasteiger partial charge in [-0.25, -0.2) is 0 Å². The maximum atomic E-state index is 12.6. The Labute approximate surface area is 154 Å². The Hall–Kier alpha value is -3.09. The van der Waals surface area contributed by atoms with Crippen LogP contribution in [0.1, 0.15) is 33.7 Å². The van der Waals surface area contributed by atoms with Crippen LogP contribution >= 0.6 is 0 Å². The maximum absolute atomic E-state index is 12.6. The van der Waals surface area contributed by atoms with E-state index in [1.165, 1.54) is 18.2 Å². The van der Waals surface area contributed by atoms with Crippen LogP contribution < -0.4 is 5.73 Å². The Bertz CT molecular complexity index is 979. The van der Waals surface area contributed by atoms with Gasteiger partial charge in [-0.1, -0.05) is 35.0 Å². The van der Waals surface area contributed by atoms with E-state index < -0.39 is 11.7 Å². The zero-order valence-corrected chi connectivity index (χ0v) is 15.1. The quantitative estimate of drug-likeness (QED) is 0.691. The van der Waals surface area contributed by atoms with Crippen molar-refractivity contribution in [3.8, 4) is 11.4 Å². The molecular weight excluding hydrogens is 355 g/mol. The van der Waals surface area contributed by atoms with Gasteiger partial charge in [-0.3, -0.25) is 0 Å². The number of benzene rings is 2. The summed E-state index contributed by atoms with van der Waals surface area (Å²) in [7, 11) is 0. The van der Waals surface area contributed by atoms with Crippen molar-refractivity contribution in [2.24, 2.45) is 5.73 Å². The van der Waals surface area contributed by atoms with Crippen LogP contribution in [0.15, 0.2) is 40.9 Å². The largest absolute Gasteiger partial charge is 0.416 e. The third-order valence-corrected chi connectivity index (χ3v) is 4.17. The molecule has 0 aliphatic heterocycles. The van der Waals surface area contributed by atoms with Gasteiger partial charge in [0, 0.05) is 17.3 Å². The van der Waals surface area contributed by atoms with Crippen LogP contribution in [0.25, 0.3) is 23.2 Å². The SMILES string of the molecule is Cc1cc(C)c(-c2noc(/C=C(\N)c3ccc(C(F)(F)F)cc3)n2)c(C)c1. The average Bonchev–Trinajstić information content (AvgIpc) is 3.01. The summed E-state index contributed by atoms with van der Waals surface area (Å²) in [6, 6.07) is 8.64. The van der Waals surface area contributed by atoms with Crippen LogP contribution in [-0.4, -0.2) is 10.1 Å². The second-order valence-corrected chi connectivity index (χ2v) is 6.40. The smallest absolute Gasteiger partial charge is 0.398 e. The van der Waals surface area contributed by atoms with Crippen LogP contribution in [-0.2, 0) is 6.18 Å². The third-order valence-electron chi connectivity index (χ3n) is 4.17. The lowest BCUT2D eigenvalue weighted by molar-refractivity contribution is -0.137. The van der Waals surface area contributed by atoms with Gasteiger partial charge in [-0.2, -0.15) is 18.2 Å². The summed E-state index contributed by atoms with van der Waals surface area (Å²) in [6.45, 7) is 5.95. The minimum atomic E-state index is -4.39. The van der Waals surface area contributed by atoms with Crippen LogP contribution in [0.4, 0.5) is 13.2 Å². The van der Waals surface area contributed by atoms with Crippen LogP contribution in [0, 0.1) is 20.8 Å². The predicted molar refractivity (Wildman–Crippen MR) is 97.4 cm³/mol. The molecule has 3 rings (SSSR count). The highest BCUT2D eigenvalue weighted by atomic mass is 19.4. The molecule has 3 aromatic rings. The van der Waals surface area contributed by atoms with Crippen molar-refractivity contribution >= 4 is 11.8 Å². The molecule has 0 atom stereocenters. The molecule has 4 nitrogen and oxygen atoms in total. The zero-order valence-electron chi connectivity index (χ0n) is 15.1. The van der Waals surface area contributed by atoms with Gasteiger partial charge in [0.1, 0.15) is 0 Å². The zero-order chi connectivity index (χ0) is 19.8. The first-order chi connectivity index (χ1) is 12.6. The maximum Gasteiger partial charge on any atom is 0.416 e. The monoisotopic (exact) mass is 373 g/mol. The van der Waals surface area contributed by atoms with Crippen molar-refractivity contribution in [2.45, 2.75) is 26.9 Å². The molecule has 27 heavy (non-hydrogen) atoms. The number of halogens is 3. The third kappa shape index (κ3) is 4.02. The highest BCUT2D eigenvalue weighted by molar-refractivity contribution is 5.77. The average molecular weight is 373 g/mol. The lowest BCUT2D eigenvalue weighted by atomic mass is 9.99. The molecule has 0 fully saturated rings. The fourth-order valence-corrected chi connectivity index (χ4v) is 3.00. The second-order valence-electron chi connectivity index (χ2n) is 6.40. The molecule has 0 spiro atoms. The molecule has 2 aromatic carbocycles. The Morgan fingerprint density at radius 3 is 2.19 bits per heavy atom. The first-order valence-corrected chi connectivity index (χ1v) is 8.22. The van der Waals surface area contributed by atoms with Gasteiger partial charge in [-0.15, -0.1) is 0 Å². The summed E-state index contributed by atoms with van der Waals surface area (Å²) in [5.41, 5.74) is 9.99. The first-order valence-electron chi connectivity index (χ1n) is 8.22. The Morgan fingerprint density at radius 2 is 1.63 bits per heavy atom. The van der Waals surface area contributed by atoms with Gasteiger partial charge in [0.2, 0.25) is 5.82 Å². The molecule has 0 aliphatic carbocycles. The van der Waals surface area contributed by atoms with Crippen LogP contribution in [0.2, 0.25) is 0 Å². The van der Waals surface area contributed by atoms with Gasteiger partial charge < -0.3 is 10.3 Å². The first kappa shape index (κ1) is 18.7. The van der Waals surface area contributed by atoms with Gasteiger partial charge in [-0.05, 0) is 49.6 Å². The number of aryl methyl sites for hydroxylation is 3. The molecule has 0 saturated heterocycles. The van der Waals surface area contributed by atoms with Crippen molar-refractivity contribution in [2.75, 3.05) is 0 Å². The molecule has 0 radical (unpaired) electrons. The number of aromatic nitrogens is 2. The van der Waals surface area contributed by atoms with Crippen LogP contribution in [0.5, 0.6) is 0 Å². The van der Waals surface area contributed by atoms with E-state index in [9.17, 15) is 13.2 Å². The predicted octanol–water partition coefficient (Wildman–Crippen LogP) is 5.14. The van der Waals surface area contributed by atoms with Gasteiger partial charge in [0.05, 0.1) is 5.56 Å². The Balaban J connectivity index is 1.89. The molecule has 1 aromatic heterocycles. The van der Waals surface area contributed by atoms with E-state index in [2.05, 4.69) is 10.1 Å². The van der Waals surface area contributed by atoms with E-state index in [0.29, 0.717) is 11.4 Å². The van der Waals surface area contributed by atoms with Gasteiger partial charge >= 0.3 is 6.18 Å². The second kappa shape index (κ2) is 6.90. The molecule has 2 N–H and O–H groups in total. The van der Waals surface area contributed by atoms with E-state index in [1.54, 1.807) is 0 Å². The molecule has 1 heterocycles. The van der Waals surface area contributed by atoms with E-state index in [4.69, 9.17) is 10.3 Å². The van der Waals surface area contributed by atoms with E-state index >= 15 is 0 Å². The van der Waals surface area contributed by atoms with Crippen molar-refractivity contribution in [3.63, 3.8) is 0 Å². The van der Waals surface area contributed by atoms with Crippen molar-refractivity contribution in [3.05, 3.63) is 70.1 Å².